The monoisotopic (exact) mass is 483 g/mol. The second-order valence-corrected chi connectivity index (χ2v) is 6.61. The average Bonchev–Trinajstić information content (AvgIpc) is 2.63. The van der Waals surface area contributed by atoms with Gasteiger partial charge in [0.1, 0.15) is 0 Å². The van der Waals surface area contributed by atoms with Crippen molar-refractivity contribution in [2.45, 2.75) is 32.9 Å². The van der Waals surface area contributed by atoms with Crippen molar-refractivity contribution in [2.24, 2.45) is 4.99 Å². The summed E-state index contributed by atoms with van der Waals surface area (Å²) < 4.78 is 10.6. The Kier molecular flexibility index (Phi) is 10.6. The largest absolute Gasteiger partial charge is 0.450 e. The lowest BCUT2D eigenvalue weighted by molar-refractivity contribution is -0.0175. The van der Waals surface area contributed by atoms with Gasteiger partial charge in [0, 0.05) is 58.4 Å². The number of hydrogen-bond donors (Lipinski definition) is 1. The molecule has 0 aromatic heterocycles. The molecule has 26 heavy (non-hydrogen) atoms. The maximum atomic E-state index is 11.8. The highest BCUT2D eigenvalue weighted by molar-refractivity contribution is 14.0. The molecule has 0 radical (unpaired) electrons. The Morgan fingerprint density at radius 1 is 1.27 bits per heavy atom. The van der Waals surface area contributed by atoms with Crippen molar-refractivity contribution < 1.29 is 14.3 Å². The van der Waals surface area contributed by atoms with Gasteiger partial charge in [0.05, 0.1) is 19.8 Å². The summed E-state index contributed by atoms with van der Waals surface area (Å²) in [5.41, 5.74) is 0. The van der Waals surface area contributed by atoms with E-state index in [1.807, 2.05) is 14.0 Å². The van der Waals surface area contributed by atoms with Crippen LogP contribution in [-0.2, 0) is 9.47 Å². The van der Waals surface area contributed by atoms with E-state index in [0.717, 1.165) is 45.4 Å². The fraction of sp³-hybridized carbons (Fsp3) is 0.882. The van der Waals surface area contributed by atoms with Gasteiger partial charge >= 0.3 is 6.09 Å². The molecule has 0 bridgehead atoms. The standard InChI is InChI=1S/C17H33N5O3.HI/c1-5-25-17(23)21-8-6-20(7-9-21)16(18-4)19-12-14(2)22-10-11-24-13-15(22)3;/h14-15H,5-13H2,1-4H3,(H,18,19);1H. The summed E-state index contributed by atoms with van der Waals surface area (Å²) in [6.07, 6.45) is -0.222. The molecule has 0 aromatic rings. The summed E-state index contributed by atoms with van der Waals surface area (Å²) in [7, 11) is 1.81. The van der Waals surface area contributed by atoms with Crippen molar-refractivity contribution in [2.75, 3.05) is 66.1 Å². The Bertz CT molecular complexity index is 458. The zero-order valence-electron chi connectivity index (χ0n) is 16.4. The number of piperazine rings is 1. The molecule has 1 amide bonds. The summed E-state index contributed by atoms with van der Waals surface area (Å²) in [6, 6.07) is 0.858. The molecular weight excluding hydrogens is 449 g/mol. The number of carbonyl (C=O) groups excluding carboxylic acids is 1. The maximum absolute atomic E-state index is 11.8. The van der Waals surface area contributed by atoms with Crippen LogP contribution in [-0.4, -0.2) is 105 Å². The van der Waals surface area contributed by atoms with Gasteiger partial charge in [-0.25, -0.2) is 4.79 Å². The fourth-order valence-electron chi connectivity index (χ4n) is 3.40. The van der Waals surface area contributed by atoms with Gasteiger partial charge < -0.3 is 24.6 Å². The van der Waals surface area contributed by atoms with E-state index in [1.54, 1.807) is 4.90 Å². The molecule has 2 atom stereocenters. The van der Waals surface area contributed by atoms with E-state index in [9.17, 15) is 4.79 Å². The summed E-state index contributed by atoms with van der Waals surface area (Å²) in [6.45, 7) is 13.0. The third-order valence-electron chi connectivity index (χ3n) is 4.86. The van der Waals surface area contributed by atoms with Crippen molar-refractivity contribution in [3.8, 4) is 0 Å². The number of amides is 1. The molecule has 2 heterocycles. The maximum Gasteiger partial charge on any atom is 0.409 e. The first-order valence-corrected chi connectivity index (χ1v) is 9.27. The van der Waals surface area contributed by atoms with Gasteiger partial charge in [-0.3, -0.25) is 9.89 Å². The van der Waals surface area contributed by atoms with Crippen LogP contribution in [0.3, 0.4) is 0 Å². The predicted octanol–water partition coefficient (Wildman–Crippen LogP) is 1.06. The zero-order chi connectivity index (χ0) is 18.2. The number of morpholine rings is 1. The first-order chi connectivity index (χ1) is 12.1. The van der Waals surface area contributed by atoms with Crippen LogP contribution < -0.4 is 5.32 Å². The van der Waals surface area contributed by atoms with Gasteiger partial charge in [-0.05, 0) is 20.8 Å². The molecule has 2 aliphatic heterocycles. The van der Waals surface area contributed by atoms with Crippen LogP contribution in [0.2, 0.25) is 0 Å². The molecule has 0 aliphatic carbocycles. The summed E-state index contributed by atoms with van der Waals surface area (Å²) in [5.74, 6) is 0.899. The molecule has 152 valence electrons. The molecule has 0 aromatic carbocycles. The van der Waals surface area contributed by atoms with Crippen LogP contribution in [0.15, 0.2) is 4.99 Å². The predicted molar refractivity (Wildman–Crippen MR) is 113 cm³/mol. The van der Waals surface area contributed by atoms with Crippen molar-refractivity contribution in [3.05, 3.63) is 0 Å². The number of halogens is 1. The minimum absolute atomic E-state index is 0. The lowest BCUT2D eigenvalue weighted by Gasteiger charge is -2.39. The lowest BCUT2D eigenvalue weighted by atomic mass is 10.2. The molecule has 0 spiro atoms. The Morgan fingerprint density at radius 3 is 2.50 bits per heavy atom. The van der Waals surface area contributed by atoms with Gasteiger partial charge in [-0.1, -0.05) is 0 Å². The van der Waals surface area contributed by atoms with Crippen LogP contribution >= 0.6 is 24.0 Å². The molecule has 2 unspecified atom stereocenters. The molecule has 2 saturated heterocycles. The van der Waals surface area contributed by atoms with Crippen LogP contribution in [0.25, 0.3) is 0 Å². The second-order valence-electron chi connectivity index (χ2n) is 6.61. The molecule has 9 heteroatoms. The minimum atomic E-state index is -0.222. The van der Waals surface area contributed by atoms with Crippen molar-refractivity contribution in [3.63, 3.8) is 0 Å². The van der Waals surface area contributed by atoms with Crippen LogP contribution in [0.5, 0.6) is 0 Å². The molecule has 2 fully saturated rings. The van der Waals surface area contributed by atoms with E-state index in [-0.39, 0.29) is 30.1 Å². The summed E-state index contributed by atoms with van der Waals surface area (Å²) in [4.78, 5) is 22.6. The van der Waals surface area contributed by atoms with E-state index in [4.69, 9.17) is 9.47 Å². The average molecular weight is 483 g/mol. The van der Waals surface area contributed by atoms with Gasteiger partial charge in [0.25, 0.3) is 0 Å². The van der Waals surface area contributed by atoms with Crippen LogP contribution in [0.1, 0.15) is 20.8 Å². The first kappa shape index (κ1) is 23.2. The number of aliphatic imine (C=N–C) groups is 1. The van der Waals surface area contributed by atoms with Crippen LogP contribution in [0.4, 0.5) is 4.79 Å². The van der Waals surface area contributed by atoms with Gasteiger partial charge in [0.15, 0.2) is 5.96 Å². The van der Waals surface area contributed by atoms with E-state index < -0.39 is 0 Å². The van der Waals surface area contributed by atoms with Crippen molar-refractivity contribution in [1.29, 1.82) is 0 Å². The van der Waals surface area contributed by atoms with E-state index >= 15 is 0 Å². The molecule has 1 N–H and O–H groups in total. The van der Waals surface area contributed by atoms with Crippen molar-refractivity contribution >= 4 is 36.0 Å². The highest BCUT2D eigenvalue weighted by Gasteiger charge is 2.26. The number of guanidine groups is 1. The normalized spacial score (nSPS) is 23.2. The Labute approximate surface area is 174 Å². The molecular formula is C17H34IN5O3. The molecule has 0 saturated carbocycles. The number of carbonyl (C=O) groups is 1. The quantitative estimate of drug-likeness (QED) is 0.367. The number of ether oxygens (including phenoxy) is 2. The summed E-state index contributed by atoms with van der Waals surface area (Å²) >= 11 is 0. The number of rotatable bonds is 4. The molecule has 2 rings (SSSR count). The number of nitrogens with zero attached hydrogens (tertiary/aromatic N) is 4. The van der Waals surface area contributed by atoms with Crippen molar-refractivity contribution in [1.82, 2.24) is 20.0 Å². The SMILES string of the molecule is CCOC(=O)N1CCN(C(=NC)NCC(C)N2CCOCC2C)CC1.I. The van der Waals surface area contributed by atoms with E-state index in [2.05, 4.69) is 34.0 Å². The van der Waals surface area contributed by atoms with E-state index in [0.29, 0.717) is 31.8 Å². The summed E-state index contributed by atoms with van der Waals surface area (Å²) in [5, 5.41) is 3.48. The number of nitrogens with one attached hydrogen (secondary N) is 1. The third-order valence-corrected chi connectivity index (χ3v) is 4.86. The Balaban J connectivity index is 0.00000338. The third kappa shape index (κ3) is 6.41. The molecule has 2 aliphatic rings. The zero-order valence-corrected chi connectivity index (χ0v) is 18.8. The van der Waals surface area contributed by atoms with Gasteiger partial charge in [-0.2, -0.15) is 0 Å². The topological polar surface area (TPSA) is 69.6 Å². The first-order valence-electron chi connectivity index (χ1n) is 9.27. The van der Waals surface area contributed by atoms with Gasteiger partial charge in [0.2, 0.25) is 0 Å². The Morgan fingerprint density at radius 2 is 1.92 bits per heavy atom. The number of hydrogen-bond acceptors (Lipinski definition) is 5. The second kappa shape index (κ2) is 11.8. The van der Waals surface area contributed by atoms with Crippen LogP contribution in [0, 0.1) is 0 Å². The minimum Gasteiger partial charge on any atom is -0.450 e. The van der Waals surface area contributed by atoms with E-state index in [1.165, 1.54) is 0 Å². The highest BCUT2D eigenvalue weighted by atomic mass is 127. The highest BCUT2D eigenvalue weighted by Crippen LogP contribution is 2.10. The Hall–Kier alpha value is -0.810. The fourth-order valence-corrected chi connectivity index (χ4v) is 3.40. The smallest absolute Gasteiger partial charge is 0.409 e. The molecule has 8 nitrogen and oxygen atoms in total. The lowest BCUT2D eigenvalue weighted by Crippen LogP contribution is -2.56. The van der Waals surface area contributed by atoms with Gasteiger partial charge in [-0.15, -0.1) is 24.0 Å².